The molecule has 0 bridgehead atoms. The number of ether oxygens (including phenoxy) is 2. The number of allylic oxidation sites excluding steroid dienone is 22. The monoisotopic (exact) mass is 766 g/mol. The van der Waals surface area contributed by atoms with Crippen molar-refractivity contribution in [1.29, 1.82) is 0 Å². The first-order chi connectivity index (χ1) is 26.3. The van der Waals surface area contributed by atoms with Gasteiger partial charge in [0.05, 0.1) is 6.61 Å². The summed E-state index contributed by atoms with van der Waals surface area (Å²) in [6.07, 6.45) is 57.6. The van der Waals surface area contributed by atoms with Crippen LogP contribution in [0.5, 0.6) is 0 Å². The van der Waals surface area contributed by atoms with Crippen molar-refractivity contribution >= 4 is 19.8 Å². The van der Waals surface area contributed by atoms with Crippen molar-refractivity contribution < 1.29 is 37.9 Å². The zero-order chi connectivity index (χ0) is 39.6. The number of phosphoric acid groups is 1. The lowest BCUT2D eigenvalue weighted by Gasteiger charge is -2.18. The SMILES string of the molecule is CC/C=C\C/C=C\C/C=C\C/C=C\C/C=C\C/C=C\CCC(=O)OC[C@H](COP(=O)(O)O)OC(=O)CCC/C=C\C/C=C\C/C=C\C/C=C\C/C=C\CC. The van der Waals surface area contributed by atoms with Crippen molar-refractivity contribution in [3.63, 3.8) is 0 Å². The zero-order valence-electron chi connectivity index (χ0n) is 32.8. The van der Waals surface area contributed by atoms with Crippen molar-refractivity contribution in [2.75, 3.05) is 13.2 Å². The van der Waals surface area contributed by atoms with E-state index in [2.05, 4.69) is 128 Å². The average molecular weight is 767 g/mol. The highest BCUT2D eigenvalue weighted by Gasteiger charge is 2.22. The van der Waals surface area contributed by atoms with Gasteiger partial charge >= 0.3 is 19.8 Å². The van der Waals surface area contributed by atoms with E-state index in [4.69, 9.17) is 19.3 Å². The number of carbonyl (C=O) groups is 2. The molecule has 0 aliphatic heterocycles. The number of unbranched alkanes of at least 4 members (excludes halogenated alkanes) is 1. The number of phosphoric ester groups is 1. The third-order valence-electron chi connectivity index (χ3n) is 7.18. The van der Waals surface area contributed by atoms with Crippen molar-refractivity contribution in [2.24, 2.45) is 0 Å². The summed E-state index contributed by atoms with van der Waals surface area (Å²) in [5.74, 6) is -1.07. The van der Waals surface area contributed by atoms with Crippen LogP contribution in [0.25, 0.3) is 0 Å². The molecule has 300 valence electrons. The molecule has 0 rings (SSSR count). The minimum atomic E-state index is -4.80. The van der Waals surface area contributed by atoms with Crippen LogP contribution in [0.4, 0.5) is 0 Å². The van der Waals surface area contributed by atoms with E-state index in [1.54, 1.807) is 0 Å². The Balaban J connectivity index is 4.22. The van der Waals surface area contributed by atoms with Gasteiger partial charge in [-0.3, -0.25) is 14.1 Å². The Kier molecular flexibility index (Phi) is 36.2. The fraction of sp³-hybridized carbons (Fsp3) is 0.467. The van der Waals surface area contributed by atoms with E-state index in [-0.39, 0.29) is 19.4 Å². The molecule has 0 saturated carbocycles. The van der Waals surface area contributed by atoms with E-state index >= 15 is 0 Å². The molecule has 0 aliphatic rings. The predicted octanol–water partition coefficient (Wildman–Crippen LogP) is 12.0. The number of carbonyl (C=O) groups excluding carboxylic acids is 2. The van der Waals surface area contributed by atoms with Gasteiger partial charge in [-0.15, -0.1) is 0 Å². The first-order valence-corrected chi connectivity index (χ1v) is 21.0. The topological polar surface area (TPSA) is 119 Å². The van der Waals surface area contributed by atoms with Gasteiger partial charge in [-0.25, -0.2) is 4.57 Å². The normalized spacial score (nSPS) is 13.9. The van der Waals surface area contributed by atoms with Crippen molar-refractivity contribution in [3.8, 4) is 0 Å². The molecule has 0 heterocycles. The van der Waals surface area contributed by atoms with Gasteiger partial charge in [0.15, 0.2) is 6.10 Å². The van der Waals surface area contributed by atoms with Gasteiger partial charge in [0.2, 0.25) is 0 Å². The average Bonchev–Trinajstić information content (AvgIpc) is 3.14. The minimum absolute atomic E-state index is 0.108. The Bertz CT molecular complexity index is 1320. The van der Waals surface area contributed by atoms with Crippen LogP contribution < -0.4 is 0 Å². The lowest BCUT2D eigenvalue weighted by molar-refractivity contribution is -0.161. The Hall–Kier alpha value is -3.81. The second kappa shape index (κ2) is 38.9. The quantitative estimate of drug-likeness (QED) is 0.0293. The molecule has 0 amide bonds. The van der Waals surface area contributed by atoms with Gasteiger partial charge < -0.3 is 19.3 Å². The van der Waals surface area contributed by atoms with Crippen molar-refractivity contribution in [3.05, 3.63) is 134 Å². The maximum Gasteiger partial charge on any atom is 0.469 e. The second-order valence-corrected chi connectivity index (χ2v) is 13.4. The third kappa shape index (κ3) is 41.0. The van der Waals surface area contributed by atoms with Crippen LogP contribution in [-0.2, 0) is 28.2 Å². The summed E-state index contributed by atoms with van der Waals surface area (Å²) in [7, 11) is -4.80. The standard InChI is InChI=1S/C45H67O8P/c1-3-5-7-9-11-13-15-17-19-21-22-24-25-27-29-31-33-35-37-39-44(46)51-41-43(42-52-54(48,49)50)53-45(47)40-38-36-34-32-30-28-26-23-20-18-16-14-12-10-8-6-4-2/h5-8,11-14,17-20,22,24,26-29,32-35,43H,3-4,9-10,15-16,21,23,25,30-31,36-42H2,1-2H3,(H2,48,49,50)/b7-5-,8-6-,13-11-,14-12-,19-17-,20-18-,24-22-,28-26-,29-27-,34-32-,35-33-/t43-/m1/s1. The summed E-state index contributed by atoms with van der Waals surface area (Å²) >= 11 is 0. The molecule has 2 N–H and O–H groups in total. The molecule has 0 aromatic carbocycles. The molecule has 0 fully saturated rings. The van der Waals surface area contributed by atoms with E-state index in [0.717, 1.165) is 70.6 Å². The van der Waals surface area contributed by atoms with Gasteiger partial charge in [-0.1, -0.05) is 148 Å². The largest absolute Gasteiger partial charge is 0.469 e. The van der Waals surface area contributed by atoms with Crippen LogP contribution in [0.15, 0.2) is 134 Å². The van der Waals surface area contributed by atoms with Crippen LogP contribution >= 0.6 is 7.82 Å². The third-order valence-corrected chi connectivity index (χ3v) is 7.66. The molecule has 8 nitrogen and oxygen atoms in total. The highest BCUT2D eigenvalue weighted by atomic mass is 31.2. The molecule has 0 saturated heterocycles. The first-order valence-electron chi connectivity index (χ1n) is 19.5. The van der Waals surface area contributed by atoms with E-state index in [9.17, 15) is 14.2 Å². The molecule has 0 aromatic rings. The molecule has 0 aromatic heterocycles. The smallest absolute Gasteiger partial charge is 0.462 e. The molecule has 0 unspecified atom stereocenters. The molecule has 1 atom stereocenters. The maximum absolute atomic E-state index is 12.4. The predicted molar refractivity (Wildman–Crippen MR) is 225 cm³/mol. The van der Waals surface area contributed by atoms with E-state index in [1.165, 1.54) is 0 Å². The Morgan fingerprint density at radius 2 is 0.833 bits per heavy atom. The summed E-state index contributed by atoms with van der Waals surface area (Å²) in [5, 5.41) is 0. The summed E-state index contributed by atoms with van der Waals surface area (Å²) in [6, 6.07) is 0. The molecule has 0 aliphatic carbocycles. The Morgan fingerprint density at radius 1 is 0.481 bits per heavy atom. The molecule has 9 heteroatoms. The van der Waals surface area contributed by atoms with Crippen molar-refractivity contribution in [2.45, 2.75) is 123 Å². The van der Waals surface area contributed by atoms with Crippen LogP contribution in [0.3, 0.4) is 0 Å². The fourth-order valence-corrected chi connectivity index (χ4v) is 4.73. The van der Waals surface area contributed by atoms with Crippen LogP contribution in [0.1, 0.15) is 117 Å². The van der Waals surface area contributed by atoms with Crippen LogP contribution in [0.2, 0.25) is 0 Å². The highest BCUT2D eigenvalue weighted by molar-refractivity contribution is 7.46. The summed E-state index contributed by atoms with van der Waals surface area (Å²) in [6.45, 7) is 3.31. The summed E-state index contributed by atoms with van der Waals surface area (Å²) < 4.78 is 26.2. The summed E-state index contributed by atoms with van der Waals surface area (Å²) in [4.78, 5) is 42.7. The maximum atomic E-state index is 12.4. The highest BCUT2D eigenvalue weighted by Crippen LogP contribution is 2.35. The lowest BCUT2D eigenvalue weighted by Crippen LogP contribution is -2.29. The molecule has 0 radical (unpaired) electrons. The molecular weight excluding hydrogens is 699 g/mol. The number of hydrogen-bond donors (Lipinski definition) is 2. The van der Waals surface area contributed by atoms with Gasteiger partial charge in [-0.05, 0) is 89.9 Å². The van der Waals surface area contributed by atoms with E-state index in [1.807, 2.05) is 24.3 Å². The van der Waals surface area contributed by atoms with Crippen LogP contribution in [-0.4, -0.2) is 41.0 Å². The number of esters is 2. The van der Waals surface area contributed by atoms with Crippen molar-refractivity contribution in [1.82, 2.24) is 0 Å². The van der Waals surface area contributed by atoms with Gasteiger partial charge in [-0.2, -0.15) is 0 Å². The minimum Gasteiger partial charge on any atom is -0.462 e. The van der Waals surface area contributed by atoms with Gasteiger partial charge in [0.25, 0.3) is 0 Å². The van der Waals surface area contributed by atoms with E-state index in [0.29, 0.717) is 19.3 Å². The molecule has 54 heavy (non-hydrogen) atoms. The molecular formula is C45H67O8P. The second-order valence-electron chi connectivity index (χ2n) is 12.1. The summed E-state index contributed by atoms with van der Waals surface area (Å²) in [5.41, 5.74) is 0. The zero-order valence-corrected chi connectivity index (χ0v) is 33.7. The molecule has 0 spiro atoms. The number of hydrogen-bond acceptors (Lipinski definition) is 6. The van der Waals surface area contributed by atoms with E-state index < -0.39 is 32.5 Å². The van der Waals surface area contributed by atoms with Crippen LogP contribution in [0, 0.1) is 0 Å². The van der Waals surface area contributed by atoms with Gasteiger partial charge in [0.1, 0.15) is 6.61 Å². The van der Waals surface area contributed by atoms with Gasteiger partial charge in [0, 0.05) is 12.8 Å². The first kappa shape index (κ1) is 50.2. The lowest BCUT2D eigenvalue weighted by atomic mass is 10.2. The Labute approximate surface area is 326 Å². The Morgan fingerprint density at radius 3 is 1.20 bits per heavy atom. The fourth-order valence-electron chi connectivity index (χ4n) is 4.37. The number of rotatable bonds is 33.